The summed E-state index contributed by atoms with van der Waals surface area (Å²) in [7, 11) is -1.08. The average Bonchev–Trinajstić information content (AvgIpc) is 3.54. The minimum atomic E-state index is -1.05. The van der Waals surface area contributed by atoms with Crippen LogP contribution in [0.4, 0.5) is 0 Å². The zero-order chi connectivity index (χ0) is 23.2. The molecule has 0 heterocycles. The first kappa shape index (κ1) is 24.6. The van der Waals surface area contributed by atoms with Crippen LogP contribution in [0, 0.1) is 0 Å². The first-order chi connectivity index (χ1) is 16.1. The fourth-order valence-corrected chi connectivity index (χ4v) is 17.1. The SMILES string of the molecule is C[Si](C)C(C1=CCC=C1)[C](=[Zr]=[C](c1ccccc1)C(C1=CCC=C1)[Si](C)C)c1ccccc1. The molecule has 2 atom stereocenters. The van der Waals surface area contributed by atoms with Gasteiger partial charge in [0, 0.05) is 0 Å². The van der Waals surface area contributed by atoms with Crippen molar-refractivity contribution in [1.29, 1.82) is 0 Å². The van der Waals surface area contributed by atoms with E-state index in [0.717, 1.165) is 12.8 Å². The van der Waals surface area contributed by atoms with Crippen LogP contribution in [0.5, 0.6) is 0 Å². The van der Waals surface area contributed by atoms with E-state index in [1.165, 1.54) is 11.1 Å². The van der Waals surface area contributed by atoms with E-state index in [-0.39, 0.29) is 0 Å². The van der Waals surface area contributed by atoms with Crippen molar-refractivity contribution in [3.8, 4) is 0 Å². The number of rotatable bonds is 8. The van der Waals surface area contributed by atoms with E-state index in [1.807, 2.05) is 0 Å². The average molecular weight is 542 g/mol. The molecular formula is C30H34Si2Zr. The molecule has 0 spiro atoms. The molecule has 0 aromatic heterocycles. The standard InChI is InChI=1S/2C15H17Si.Zr/c2*1-16(2)15(14-10-6-7-11-14)12-13-8-4-3-5-9-13;/h2*3-6,8-11,15H,7H2,1-2H3;. The van der Waals surface area contributed by atoms with E-state index < -0.39 is 39.9 Å². The number of benzene rings is 2. The molecule has 3 heteroatoms. The van der Waals surface area contributed by atoms with E-state index in [4.69, 9.17) is 0 Å². The quantitative estimate of drug-likeness (QED) is 0.303. The summed E-state index contributed by atoms with van der Waals surface area (Å²) >= 11 is -1.05. The Labute approximate surface area is 214 Å². The van der Waals surface area contributed by atoms with Gasteiger partial charge < -0.3 is 0 Å². The van der Waals surface area contributed by atoms with Crippen LogP contribution in [0.15, 0.2) is 108 Å². The molecule has 0 saturated heterocycles. The van der Waals surface area contributed by atoms with Crippen molar-refractivity contribution in [3.05, 3.63) is 119 Å². The molecule has 0 amide bonds. The van der Waals surface area contributed by atoms with Crippen LogP contribution in [0.3, 0.4) is 0 Å². The molecule has 0 fully saturated rings. The second-order valence-electron chi connectivity index (χ2n) is 9.39. The Morgan fingerprint density at radius 2 is 1.03 bits per heavy atom. The van der Waals surface area contributed by atoms with Gasteiger partial charge in [-0.25, -0.2) is 0 Å². The third-order valence-electron chi connectivity index (χ3n) is 6.44. The second-order valence-corrected chi connectivity index (χ2v) is 18.1. The van der Waals surface area contributed by atoms with Gasteiger partial charge in [0.25, 0.3) is 0 Å². The summed E-state index contributed by atoms with van der Waals surface area (Å²) in [6, 6.07) is 22.8. The summed E-state index contributed by atoms with van der Waals surface area (Å²) in [6.45, 7) is 10.1. The van der Waals surface area contributed by atoms with Gasteiger partial charge in [0.05, 0.1) is 0 Å². The van der Waals surface area contributed by atoms with Gasteiger partial charge in [0.15, 0.2) is 0 Å². The molecule has 2 unspecified atom stereocenters. The maximum atomic E-state index is 2.52. The van der Waals surface area contributed by atoms with Gasteiger partial charge in [-0.15, -0.1) is 0 Å². The van der Waals surface area contributed by atoms with Crippen LogP contribution in [0.1, 0.15) is 24.0 Å². The molecule has 2 radical (unpaired) electrons. The van der Waals surface area contributed by atoms with Crippen molar-refractivity contribution >= 4 is 24.0 Å². The fourth-order valence-electron chi connectivity index (χ4n) is 4.96. The molecule has 0 bridgehead atoms. The molecule has 0 aliphatic heterocycles. The molecule has 2 aliphatic carbocycles. The van der Waals surface area contributed by atoms with E-state index in [2.05, 4.69) is 123 Å². The van der Waals surface area contributed by atoms with Crippen LogP contribution in [-0.4, -0.2) is 24.0 Å². The molecule has 4 rings (SSSR count). The van der Waals surface area contributed by atoms with Gasteiger partial charge in [0.2, 0.25) is 0 Å². The van der Waals surface area contributed by atoms with Gasteiger partial charge in [-0.3, -0.25) is 0 Å². The second kappa shape index (κ2) is 11.7. The summed E-state index contributed by atoms with van der Waals surface area (Å²) in [4.78, 5) is 0. The Morgan fingerprint density at radius 3 is 1.33 bits per heavy atom. The predicted octanol–water partition coefficient (Wildman–Crippen LogP) is 7.53. The molecule has 2 aromatic carbocycles. The molecule has 2 aliphatic rings. The van der Waals surface area contributed by atoms with Crippen molar-refractivity contribution < 1.29 is 22.3 Å². The fraction of sp³-hybridized carbons (Fsp3) is 0.267. The molecular weight excluding hydrogens is 508 g/mol. The Bertz CT molecular complexity index is 1050. The summed E-state index contributed by atoms with van der Waals surface area (Å²) in [5.74, 6) is 0. The third kappa shape index (κ3) is 5.94. The Morgan fingerprint density at radius 1 is 0.636 bits per heavy atom. The van der Waals surface area contributed by atoms with Gasteiger partial charge in [-0.2, -0.15) is 0 Å². The van der Waals surface area contributed by atoms with E-state index in [0.29, 0.717) is 11.1 Å². The number of hydrogen-bond acceptors (Lipinski definition) is 0. The zero-order valence-electron chi connectivity index (χ0n) is 20.3. The first-order valence-electron chi connectivity index (χ1n) is 12.0. The molecule has 2 aromatic rings. The summed E-state index contributed by atoms with van der Waals surface area (Å²) < 4.78 is 3.57. The molecule has 0 saturated carbocycles. The van der Waals surface area contributed by atoms with E-state index in [1.54, 1.807) is 17.6 Å². The normalized spacial score (nSPS) is 16.5. The molecule has 166 valence electrons. The topological polar surface area (TPSA) is 0 Å². The maximum absolute atomic E-state index is 2.52. The summed E-state index contributed by atoms with van der Waals surface area (Å²) in [5, 5.41) is 0. The molecule has 0 N–H and O–H groups in total. The van der Waals surface area contributed by atoms with Crippen LogP contribution < -0.4 is 0 Å². The van der Waals surface area contributed by atoms with Crippen LogP contribution in [-0.2, 0) is 22.3 Å². The van der Waals surface area contributed by atoms with Crippen molar-refractivity contribution in [1.82, 2.24) is 0 Å². The van der Waals surface area contributed by atoms with Crippen LogP contribution >= 0.6 is 0 Å². The van der Waals surface area contributed by atoms with Crippen molar-refractivity contribution in [2.24, 2.45) is 0 Å². The first-order valence-corrected chi connectivity index (χ1v) is 19.6. The summed E-state index contributed by atoms with van der Waals surface area (Å²) in [6.07, 6.45) is 16.7. The van der Waals surface area contributed by atoms with Gasteiger partial charge >= 0.3 is 216 Å². The minimum absolute atomic E-state index is 0.540. The Hall–Kier alpha value is -1.54. The summed E-state index contributed by atoms with van der Waals surface area (Å²) in [5.41, 5.74) is 7.36. The Balaban J connectivity index is 2.05. The van der Waals surface area contributed by atoms with E-state index >= 15 is 0 Å². The van der Waals surface area contributed by atoms with Crippen molar-refractivity contribution in [2.75, 3.05) is 0 Å². The number of allylic oxidation sites excluding steroid dienone is 8. The molecule has 0 nitrogen and oxygen atoms in total. The molecule has 33 heavy (non-hydrogen) atoms. The van der Waals surface area contributed by atoms with Crippen LogP contribution in [0.2, 0.25) is 37.3 Å². The zero-order valence-corrected chi connectivity index (χ0v) is 24.8. The monoisotopic (exact) mass is 540 g/mol. The third-order valence-corrected chi connectivity index (χ3v) is 15.6. The van der Waals surface area contributed by atoms with Gasteiger partial charge in [0.1, 0.15) is 0 Å². The van der Waals surface area contributed by atoms with Crippen molar-refractivity contribution in [3.63, 3.8) is 0 Å². The van der Waals surface area contributed by atoms with Gasteiger partial charge in [-0.05, 0) is 0 Å². The van der Waals surface area contributed by atoms with E-state index in [9.17, 15) is 0 Å². The van der Waals surface area contributed by atoms with Gasteiger partial charge in [-0.1, -0.05) is 0 Å². The number of hydrogen-bond donors (Lipinski definition) is 0. The van der Waals surface area contributed by atoms with Crippen molar-refractivity contribution in [2.45, 2.75) is 50.1 Å². The predicted molar refractivity (Wildman–Crippen MR) is 147 cm³/mol. The van der Waals surface area contributed by atoms with Crippen LogP contribution in [0.25, 0.3) is 0 Å². The Kier molecular flexibility index (Phi) is 8.74.